The fourth-order valence-electron chi connectivity index (χ4n) is 0.0962. The maximum Gasteiger partial charge on any atom is -0.0167 e. The summed E-state index contributed by atoms with van der Waals surface area (Å²) in [7, 11) is 0. The SMILES string of the molecule is [CH]=C[CH]C[CH2]. The number of rotatable bonds is 2. The molecule has 3 radical (unpaired) electrons. The van der Waals surface area contributed by atoms with Crippen LogP contribution in [0.25, 0.3) is 0 Å². The van der Waals surface area contributed by atoms with Gasteiger partial charge in [0.15, 0.2) is 0 Å². The first-order valence-corrected chi connectivity index (χ1v) is 1.57. The average molecular weight is 67.1 g/mol. The maximum atomic E-state index is 4.92. The predicted octanol–water partition coefficient (Wildman–Crippen LogP) is 1.40. The summed E-state index contributed by atoms with van der Waals surface area (Å²) >= 11 is 0. The van der Waals surface area contributed by atoms with Crippen LogP contribution in [0.15, 0.2) is 6.08 Å². The first kappa shape index (κ1) is 4.74. The van der Waals surface area contributed by atoms with Crippen LogP contribution in [-0.4, -0.2) is 0 Å². The van der Waals surface area contributed by atoms with Crippen LogP contribution in [0.5, 0.6) is 0 Å². The molecule has 5 heavy (non-hydrogen) atoms. The Bertz CT molecular complexity index is 21.2. The van der Waals surface area contributed by atoms with E-state index in [1.807, 2.05) is 0 Å². The highest BCUT2D eigenvalue weighted by molar-refractivity contribution is 4.83. The van der Waals surface area contributed by atoms with E-state index in [4.69, 9.17) is 6.58 Å². The molecule has 0 unspecified atom stereocenters. The fourth-order valence-corrected chi connectivity index (χ4v) is 0.0962. The van der Waals surface area contributed by atoms with Crippen LogP contribution in [0.4, 0.5) is 0 Å². The highest BCUT2D eigenvalue weighted by atomic mass is 13.7. The molecule has 0 aromatic heterocycles. The summed E-state index contributed by atoms with van der Waals surface area (Å²) in [6.07, 6.45) is 4.07. The quantitative estimate of drug-likeness (QED) is 0.458. The summed E-state index contributed by atoms with van der Waals surface area (Å²) in [6.45, 7) is 8.43. The Morgan fingerprint density at radius 1 is 1.80 bits per heavy atom. The summed E-state index contributed by atoms with van der Waals surface area (Å²) in [5, 5.41) is 0. The molecule has 0 saturated carbocycles. The molecule has 0 atom stereocenters. The van der Waals surface area contributed by atoms with Gasteiger partial charge in [0.05, 0.1) is 0 Å². The zero-order chi connectivity index (χ0) is 4.12. The van der Waals surface area contributed by atoms with Gasteiger partial charge in [0.1, 0.15) is 0 Å². The normalized spacial score (nSPS) is 7.40. The first-order valence-electron chi connectivity index (χ1n) is 1.57. The molecular formula is C5H7. The van der Waals surface area contributed by atoms with Crippen LogP contribution in [0.1, 0.15) is 6.42 Å². The third-order valence-electron chi connectivity index (χ3n) is 0.303. The second-order valence-electron chi connectivity index (χ2n) is 0.717. The minimum absolute atomic E-state index is 0.788. The molecule has 0 aliphatic rings. The second-order valence-corrected chi connectivity index (χ2v) is 0.717. The Hall–Kier alpha value is -0.260. The van der Waals surface area contributed by atoms with Gasteiger partial charge in [-0.1, -0.05) is 19.6 Å². The molecule has 0 aliphatic carbocycles. The molecule has 0 rings (SSSR count). The molecule has 0 saturated heterocycles. The van der Waals surface area contributed by atoms with Crippen molar-refractivity contribution in [1.82, 2.24) is 0 Å². The Labute approximate surface area is 33.5 Å². The van der Waals surface area contributed by atoms with Crippen LogP contribution in [-0.2, 0) is 0 Å². The van der Waals surface area contributed by atoms with Gasteiger partial charge in [0.25, 0.3) is 0 Å². The van der Waals surface area contributed by atoms with Crippen LogP contribution in [0.2, 0.25) is 0 Å². The van der Waals surface area contributed by atoms with E-state index in [1.54, 1.807) is 6.42 Å². The molecule has 0 fully saturated rings. The Balaban J connectivity index is 2.40. The summed E-state index contributed by atoms with van der Waals surface area (Å²) in [6, 6.07) is 0. The molecule has 0 heterocycles. The van der Waals surface area contributed by atoms with E-state index >= 15 is 0 Å². The van der Waals surface area contributed by atoms with Gasteiger partial charge < -0.3 is 0 Å². The summed E-state index contributed by atoms with van der Waals surface area (Å²) in [4.78, 5) is 0. The van der Waals surface area contributed by atoms with Gasteiger partial charge in [0.2, 0.25) is 0 Å². The molecule has 0 spiro atoms. The third-order valence-corrected chi connectivity index (χ3v) is 0.303. The molecule has 0 heteroatoms. The van der Waals surface area contributed by atoms with Gasteiger partial charge in [-0.05, 0) is 12.8 Å². The number of unbranched alkanes of at least 4 members (excludes halogenated alkanes) is 1. The topological polar surface area (TPSA) is 0 Å². The summed E-state index contributed by atoms with van der Waals surface area (Å²) in [5.41, 5.74) is 0. The lowest BCUT2D eigenvalue weighted by Gasteiger charge is -1.71. The van der Waals surface area contributed by atoms with Crippen LogP contribution < -0.4 is 0 Å². The lowest BCUT2D eigenvalue weighted by Crippen LogP contribution is -1.55. The van der Waals surface area contributed by atoms with E-state index in [1.165, 1.54) is 6.08 Å². The van der Waals surface area contributed by atoms with E-state index in [2.05, 4.69) is 6.92 Å². The van der Waals surface area contributed by atoms with Gasteiger partial charge in [-0.15, -0.1) is 0 Å². The van der Waals surface area contributed by atoms with Crippen molar-refractivity contribution in [2.24, 2.45) is 0 Å². The minimum atomic E-state index is 0.788. The van der Waals surface area contributed by atoms with Crippen LogP contribution >= 0.6 is 0 Å². The largest absolute Gasteiger partial charge is 0.0808 e. The number of hydrogen-bond donors (Lipinski definition) is 0. The van der Waals surface area contributed by atoms with Gasteiger partial charge in [-0.25, -0.2) is 0 Å². The fraction of sp³-hybridized carbons (Fsp3) is 0.200. The van der Waals surface area contributed by atoms with Crippen molar-refractivity contribution >= 4 is 0 Å². The van der Waals surface area contributed by atoms with E-state index in [0.717, 1.165) is 6.42 Å². The average Bonchev–Trinajstić information content (AvgIpc) is 1.41. The summed E-state index contributed by atoms with van der Waals surface area (Å²) in [5.74, 6) is 0. The Kier molecular flexibility index (Phi) is 3.55. The zero-order valence-corrected chi connectivity index (χ0v) is 3.15. The van der Waals surface area contributed by atoms with Crippen molar-refractivity contribution in [2.75, 3.05) is 0 Å². The molecule has 0 nitrogen and oxygen atoms in total. The maximum absolute atomic E-state index is 4.92. The van der Waals surface area contributed by atoms with E-state index in [0.29, 0.717) is 0 Å². The second kappa shape index (κ2) is 3.74. The molecule has 27 valence electrons. The Morgan fingerprint density at radius 2 is 2.40 bits per heavy atom. The van der Waals surface area contributed by atoms with Gasteiger partial charge in [-0.3, -0.25) is 0 Å². The zero-order valence-electron chi connectivity index (χ0n) is 3.15. The van der Waals surface area contributed by atoms with Crippen molar-refractivity contribution in [3.05, 3.63) is 26.0 Å². The highest BCUT2D eigenvalue weighted by Crippen LogP contribution is 1.78. The van der Waals surface area contributed by atoms with E-state index in [-0.39, 0.29) is 0 Å². The molecule has 0 N–H and O–H groups in total. The summed E-state index contributed by atoms with van der Waals surface area (Å²) < 4.78 is 0. The van der Waals surface area contributed by atoms with Crippen molar-refractivity contribution in [3.8, 4) is 0 Å². The lowest BCUT2D eigenvalue weighted by molar-refractivity contribution is 1.30. The first-order chi connectivity index (χ1) is 2.41. The third kappa shape index (κ3) is 3.74. The molecule has 0 aromatic rings. The van der Waals surface area contributed by atoms with Crippen molar-refractivity contribution in [3.63, 3.8) is 0 Å². The van der Waals surface area contributed by atoms with Crippen molar-refractivity contribution < 1.29 is 0 Å². The molecule has 0 aliphatic heterocycles. The van der Waals surface area contributed by atoms with Gasteiger partial charge >= 0.3 is 0 Å². The van der Waals surface area contributed by atoms with Gasteiger partial charge in [0, 0.05) is 0 Å². The smallest absolute Gasteiger partial charge is 0.0167 e. The minimum Gasteiger partial charge on any atom is -0.0808 e. The van der Waals surface area contributed by atoms with E-state index in [9.17, 15) is 0 Å². The number of hydrogen-bond acceptors (Lipinski definition) is 0. The van der Waals surface area contributed by atoms with Crippen LogP contribution in [0.3, 0.4) is 0 Å². The van der Waals surface area contributed by atoms with Gasteiger partial charge in [-0.2, -0.15) is 0 Å². The predicted molar refractivity (Wildman–Crippen MR) is 23.1 cm³/mol. The molecule has 0 amide bonds. The van der Waals surface area contributed by atoms with Crippen molar-refractivity contribution in [2.45, 2.75) is 6.42 Å². The molecule has 0 aromatic carbocycles. The Morgan fingerprint density at radius 3 is 2.40 bits per heavy atom. The lowest BCUT2D eigenvalue weighted by atomic mass is 10.3. The van der Waals surface area contributed by atoms with Crippen molar-refractivity contribution in [1.29, 1.82) is 0 Å². The van der Waals surface area contributed by atoms with E-state index < -0.39 is 0 Å². The number of allylic oxidation sites excluding steroid dienone is 1. The molecular weight excluding hydrogens is 60.1 g/mol. The monoisotopic (exact) mass is 67.1 g/mol. The standard InChI is InChI=1S/C5H7/c1-3-5-4-2/h1,3,5H,2,4H2. The highest BCUT2D eigenvalue weighted by Gasteiger charge is 1.63. The van der Waals surface area contributed by atoms with Crippen LogP contribution in [0, 0.1) is 19.9 Å². The molecule has 0 bridgehead atoms.